The molecule has 0 radical (unpaired) electrons. The molecule has 3 N–H and O–H groups in total. The van der Waals surface area contributed by atoms with Crippen LogP contribution in [0.3, 0.4) is 0 Å². The summed E-state index contributed by atoms with van der Waals surface area (Å²) in [4.78, 5) is 20.3. The molecule has 7 rings (SSSR count). The van der Waals surface area contributed by atoms with E-state index in [1.807, 2.05) is 49.4 Å². The van der Waals surface area contributed by atoms with Crippen LogP contribution in [0.5, 0.6) is 0 Å². The summed E-state index contributed by atoms with van der Waals surface area (Å²) in [6, 6.07) is 21.3. The molecule has 0 saturated heterocycles. The maximum absolute atomic E-state index is 14.2. The van der Waals surface area contributed by atoms with Crippen molar-refractivity contribution < 1.29 is 9.18 Å². The highest BCUT2D eigenvalue weighted by molar-refractivity contribution is 6.02. The summed E-state index contributed by atoms with van der Waals surface area (Å²) in [5.74, 6) is -0.0654. The number of benzene rings is 3. The van der Waals surface area contributed by atoms with E-state index in [1.165, 1.54) is 6.07 Å². The molecule has 1 saturated carbocycles. The number of nitrogens with zero attached hydrogens (tertiary/aromatic N) is 2. The maximum Gasteiger partial charge on any atom is 0.227 e. The van der Waals surface area contributed by atoms with E-state index in [-0.39, 0.29) is 17.6 Å². The smallest absolute Gasteiger partial charge is 0.227 e. The van der Waals surface area contributed by atoms with Crippen LogP contribution in [-0.4, -0.2) is 26.1 Å². The van der Waals surface area contributed by atoms with Crippen LogP contribution in [0.1, 0.15) is 24.8 Å². The average molecular weight is 516 g/mol. The number of pyridine rings is 1. The second-order valence-corrected chi connectivity index (χ2v) is 10.4. The second-order valence-electron chi connectivity index (χ2n) is 10.4. The molecule has 1 aliphatic rings. The normalized spacial score (nSPS) is 13.6. The third kappa shape index (κ3) is 4.26. The molecule has 7 heteroatoms. The van der Waals surface area contributed by atoms with Crippen molar-refractivity contribution in [2.24, 2.45) is 5.92 Å². The zero-order chi connectivity index (χ0) is 26.5. The first-order valence-electron chi connectivity index (χ1n) is 13.2. The molecule has 6 nitrogen and oxygen atoms in total. The number of aromatic nitrogens is 4. The number of amides is 1. The number of carbonyl (C=O) groups is 1. The minimum atomic E-state index is -0.246. The van der Waals surface area contributed by atoms with Crippen molar-refractivity contribution >= 4 is 33.4 Å². The highest BCUT2D eigenvalue weighted by Crippen LogP contribution is 2.36. The van der Waals surface area contributed by atoms with Gasteiger partial charge in [0, 0.05) is 34.0 Å². The van der Waals surface area contributed by atoms with Crippen LogP contribution >= 0.6 is 0 Å². The molecule has 0 unspecified atom stereocenters. The number of hydrogen-bond donors (Lipinski definition) is 3. The van der Waals surface area contributed by atoms with Crippen LogP contribution in [0.25, 0.3) is 55.4 Å². The molecule has 0 aliphatic heterocycles. The zero-order valence-corrected chi connectivity index (χ0v) is 21.4. The SMILES string of the molecule is Cc1cc(F)cc(-c2cccc3[nH]c(-c4n[nH]c5ccc(-c6cncc(NC(=O)C7CCC7)c6)cc45)cc23)c1. The molecular weight excluding hydrogens is 489 g/mol. The summed E-state index contributed by atoms with van der Waals surface area (Å²) in [7, 11) is 0. The Labute approximate surface area is 224 Å². The van der Waals surface area contributed by atoms with E-state index < -0.39 is 0 Å². The van der Waals surface area contributed by atoms with Crippen LogP contribution in [0.4, 0.5) is 10.1 Å². The maximum atomic E-state index is 14.2. The average Bonchev–Trinajstić information content (AvgIpc) is 3.50. The van der Waals surface area contributed by atoms with E-state index in [0.717, 1.165) is 80.3 Å². The largest absolute Gasteiger partial charge is 0.353 e. The summed E-state index contributed by atoms with van der Waals surface area (Å²) in [5.41, 5.74) is 8.81. The number of H-pyrrole nitrogens is 2. The van der Waals surface area contributed by atoms with E-state index in [1.54, 1.807) is 18.5 Å². The summed E-state index contributed by atoms with van der Waals surface area (Å²) in [6.07, 6.45) is 6.51. The van der Waals surface area contributed by atoms with Gasteiger partial charge in [-0.05, 0) is 84.5 Å². The van der Waals surface area contributed by atoms with Crippen molar-refractivity contribution in [1.82, 2.24) is 20.2 Å². The standard InChI is InChI=1S/C32H26FN5O/c1-18-10-21(12-23(33)11-18)25-6-3-7-28-26(25)15-30(36-28)31-27-14-20(8-9-29(27)37-38-31)22-13-24(17-34-16-22)35-32(39)19-4-2-5-19/h3,6-17,19,36H,2,4-5H2,1H3,(H,35,39)(H,37,38). The van der Waals surface area contributed by atoms with Gasteiger partial charge in [0.15, 0.2) is 0 Å². The van der Waals surface area contributed by atoms with E-state index in [4.69, 9.17) is 0 Å². The minimum Gasteiger partial charge on any atom is -0.353 e. The minimum absolute atomic E-state index is 0.0688. The molecule has 192 valence electrons. The quantitative estimate of drug-likeness (QED) is 0.221. The molecule has 1 fully saturated rings. The molecule has 1 aliphatic carbocycles. The van der Waals surface area contributed by atoms with Gasteiger partial charge >= 0.3 is 0 Å². The van der Waals surface area contributed by atoms with Crippen LogP contribution < -0.4 is 5.32 Å². The molecule has 3 heterocycles. The summed E-state index contributed by atoms with van der Waals surface area (Å²) in [5, 5.41) is 12.8. The molecule has 0 atom stereocenters. The molecule has 0 spiro atoms. The first-order chi connectivity index (χ1) is 19.0. The molecule has 0 bridgehead atoms. The lowest BCUT2D eigenvalue weighted by Gasteiger charge is -2.24. The van der Waals surface area contributed by atoms with Gasteiger partial charge in [0.1, 0.15) is 11.5 Å². The van der Waals surface area contributed by atoms with Gasteiger partial charge in [-0.15, -0.1) is 0 Å². The zero-order valence-electron chi connectivity index (χ0n) is 21.4. The first kappa shape index (κ1) is 23.3. The fourth-order valence-electron chi connectivity index (χ4n) is 5.41. The molecule has 3 aromatic heterocycles. The lowest BCUT2D eigenvalue weighted by Crippen LogP contribution is -2.28. The predicted molar refractivity (Wildman–Crippen MR) is 153 cm³/mol. The number of rotatable bonds is 5. The Morgan fingerprint density at radius 2 is 1.82 bits per heavy atom. The van der Waals surface area contributed by atoms with E-state index in [0.29, 0.717) is 5.69 Å². The molecular formula is C32H26FN5O. The predicted octanol–water partition coefficient (Wildman–Crippen LogP) is 7.63. The van der Waals surface area contributed by atoms with Gasteiger partial charge in [-0.1, -0.05) is 30.7 Å². The number of fused-ring (bicyclic) bond motifs is 2. The van der Waals surface area contributed by atoms with E-state index in [9.17, 15) is 9.18 Å². The Balaban J connectivity index is 1.27. The fourth-order valence-corrected chi connectivity index (χ4v) is 5.41. The van der Waals surface area contributed by atoms with Gasteiger partial charge in [0.25, 0.3) is 0 Å². The summed E-state index contributed by atoms with van der Waals surface area (Å²) < 4.78 is 14.2. The number of anilines is 1. The van der Waals surface area contributed by atoms with Gasteiger partial charge in [-0.3, -0.25) is 14.9 Å². The van der Waals surface area contributed by atoms with Crippen molar-refractivity contribution in [2.75, 3.05) is 5.32 Å². The second kappa shape index (κ2) is 9.20. The Morgan fingerprint density at radius 1 is 0.923 bits per heavy atom. The monoisotopic (exact) mass is 515 g/mol. The van der Waals surface area contributed by atoms with Crippen LogP contribution in [0.15, 0.2) is 79.1 Å². The fraction of sp³-hybridized carbons (Fsp3) is 0.156. The molecule has 6 aromatic rings. The van der Waals surface area contributed by atoms with Gasteiger partial charge < -0.3 is 10.3 Å². The van der Waals surface area contributed by atoms with Gasteiger partial charge in [-0.25, -0.2) is 4.39 Å². The topological polar surface area (TPSA) is 86.5 Å². The lowest BCUT2D eigenvalue weighted by atomic mass is 9.85. The Bertz CT molecular complexity index is 1860. The number of hydrogen-bond acceptors (Lipinski definition) is 3. The number of halogens is 1. The summed E-state index contributed by atoms with van der Waals surface area (Å²) >= 11 is 0. The molecule has 39 heavy (non-hydrogen) atoms. The van der Waals surface area contributed by atoms with Gasteiger partial charge in [0.2, 0.25) is 5.91 Å². The van der Waals surface area contributed by atoms with E-state index >= 15 is 0 Å². The van der Waals surface area contributed by atoms with Crippen molar-refractivity contribution in [3.05, 3.63) is 90.5 Å². The number of nitrogens with one attached hydrogen (secondary N) is 3. The summed E-state index contributed by atoms with van der Waals surface area (Å²) in [6.45, 7) is 1.90. The van der Waals surface area contributed by atoms with Crippen molar-refractivity contribution in [1.29, 1.82) is 0 Å². The number of aryl methyl sites for hydroxylation is 1. The molecule has 1 amide bonds. The van der Waals surface area contributed by atoms with Crippen LogP contribution in [0, 0.1) is 18.7 Å². The van der Waals surface area contributed by atoms with E-state index in [2.05, 4.69) is 37.6 Å². The van der Waals surface area contributed by atoms with Crippen LogP contribution in [-0.2, 0) is 4.79 Å². The third-order valence-corrected chi connectivity index (χ3v) is 7.65. The van der Waals surface area contributed by atoms with Crippen molar-refractivity contribution in [3.8, 4) is 33.6 Å². The highest BCUT2D eigenvalue weighted by atomic mass is 19.1. The Morgan fingerprint density at radius 3 is 2.64 bits per heavy atom. The van der Waals surface area contributed by atoms with Crippen molar-refractivity contribution in [2.45, 2.75) is 26.2 Å². The lowest BCUT2D eigenvalue weighted by molar-refractivity contribution is -0.122. The third-order valence-electron chi connectivity index (χ3n) is 7.65. The Kier molecular flexibility index (Phi) is 5.51. The Hall–Kier alpha value is -4.78. The van der Waals surface area contributed by atoms with Gasteiger partial charge in [0.05, 0.1) is 23.1 Å². The number of aromatic amines is 2. The first-order valence-corrected chi connectivity index (χ1v) is 13.2. The van der Waals surface area contributed by atoms with Gasteiger partial charge in [-0.2, -0.15) is 5.10 Å². The van der Waals surface area contributed by atoms with Crippen molar-refractivity contribution in [3.63, 3.8) is 0 Å². The number of carbonyl (C=O) groups excluding carboxylic acids is 1. The van der Waals surface area contributed by atoms with Crippen LogP contribution in [0.2, 0.25) is 0 Å². The highest BCUT2D eigenvalue weighted by Gasteiger charge is 2.25. The molecule has 3 aromatic carbocycles.